The minimum Gasteiger partial charge on any atom is -0.505 e. The smallest absolute Gasteiger partial charge is 0.342 e. The Balaban J connectivity index is 2.14. The Bertz CT molecular complexity index is 705. The van der Waals surface area contributed by atoms with Crippen LogP contribution in [0.15, 0.2) is 30.3 Å². The first-order chi connectivity index (χ1) is 11.5. The molecule has 24 heavy (non-hydrogen) atoms. The van der Waals surface area contributed by atoms with Crippen molar-refractivity contribution in [2.24, 2.45) is 0 Å². The lowest BCUT2D eigenvalue weighted by Crippen LogP contribution is -2.45. The van der Waals surface area contributed by atoms with Crippen LogP contribution in [0, 0.1) is 0 Å². The van der Waals surface area contributed by atoms with E-state index in [1.54, 1.807) is 6.92 Å². The van der Waals surface area contributed by atoms with Gasteiger partial charge >= 0.3 is 5.97 Å². The summed E-state index contributed by atoms with van der Waals surface area (Å²) in [4.78, 5) is 14.5. The van der Waals surface area contributed by atoms with Gasteiger partial charge < -0.3 is 19.5 Å². The van der Waals surface area contributed by atoms with E-state index in [-0.39, 0.29) is 30.1 Å². The Morgan fingerprint density at radius 1 is 1.21 bits per heavy atom. The Kier molecular flexibility index (Phi) is 4.62. The second-order valence-corrected chi connectivity index (χ2v) is 6.19. The van der Waals surface area contributed by atoms with Gasteiger partial charge in [-0.1, -0.05) is 30.3 Å². The van der Waals surface area contributed by atoms with Crippen LogP contribution in [0.3, 0.4) is 0 Å². The van der Waals surface area contributed by atoms with Crippen LogP contribution in [0.4, 0.5) is 5.69 Å². The molecule has 1 aliphatic heterocycles. The lowest BCUT2D eigenvalue weighted by Gasteiger charge is -2.37. The molecule has 128 valence electrons. The summed E-state index contributed by atoms with van der Waals surface area (Å²) in [5.74, 6) is -0.497. The molecule has 3 aliphatic rings. The molecule has 3 rings (SSSR count). The van der Waals surface area contributed by atoms with Gasteiger partial charge in [-0.15, -0.1) is 0 Å². The minimum atomic E-state index is -0.494. The molecule has 0 spiro atoms. The number of ether oxygens (including phenoxy) is 2. The van der Waals surface area contributed by atoms with Crippen LogP contribution in [0.25, 0.3) is 11.1 Å². The highest BCUT2D eigenvalue weighted by Gasteiger charge is 2.33. The summed E-state index contributed by atoms with van der Waals surface area (Å²) in [7, 11) is 0. The maximum Gasteiger partial charge on any atom is 0.342 e. The van der Waals surface area contributed by atoms with E-state index in [0.29, 0.717) is 24.3 Å². The number of fused-ring (bicyclic) bond motifs is 1. The van der Waals surface area contributed by atoms with Crippen LogP contribution >= 0.6 is 0 Å². The topological polar surface area (TPSA) is 59.0 Å². The molecule has 2 atom stereocenters. The molecule has 0 saturated carbocycles. The minimum absolute atomic E-state index is 0.00375. The predicted molar refractivity (Wildman–Crippen MR) is 92.9 cm³/mol. The number of rotatable bonds is 3. The van der Waals surface area contributed by atoms with E-state index in [2.05, 4.69) is 4.90 Å². The average molecular weight is 329 g/mol. The fourth-order valence-corrected chi connectivity index (χ4v) is 3.44. The number of carbonyl (C=O) groups is 1. The number of hydrogen-bond donors (Lipinski definition) is 1. The van der Waals surface area contributed by atoms with Crippen molar-refractivity contribution in [1.82, 2.24) is 0 Å². The van der Waals surface area contributed by atoms with Gasteiger partial charge in [0.05, 0.1) is 24.5 Å². The van der Waals surface area contributed by atoms with Crippen molar-refractivity contribution in [3.05, 3.63) is 35.9 Å². The van der Waals surface area contributed by atoms with Gasteiger partial charge in [-0.05, 0) is 20.8 Å². The monoisotopic (exact) mass is 329 g/mol. The fourth-order valence-electron chi connectivity index (χ4n) is 3.44. The third-order valence-electron chi connectivity index (χ3n) is 4.24. The predicted octanol–water partition coefficient (Wildman–Crippen LogP) is 3.29. The zero-order valence-corrected chi connectivity index (χ0v) is 14.3. The SMILES string of the molecule is CCOC(=O)c1c2cccccc-2c(N2C[C@@H](C)O[C@@H](C)C2)c1O. The molecule has 2 aliphatic carbocycles. The number of esters is 1. The molecule has 0 bridgehead atoms. The second kappa shape index (κ2) is 6.69. The van der Waals surface area contributed by atoms with Gasteiger partial charge in [0.15, 0.2) is 5.75 Å². The lowest BCUT2D eigenvalue weighted by atomic mass is 10.1. The number of carbonyl (C=O) groups excluding carboxylic acids is 1. The molecule has 0 aromatic rings. The van der Waals surface area contributed by atoms with E-state index in [0.717, 1.165) is 5.56 Å². The van der Waals surface area contributed by atoms with Crippen molar-refractivity contribution < 1.29 is 19.4 Å². The zero-order valence-electron chi connectivity index (χ0n) is 14.3. The highest BCUT2D eigenvalue weighted by molar-refractivity contribution is 6.08. The first-order valence-corrected chi connectivity index (χ1v) is 8.34. The molecular formula is C19H23NO4. The molecule has 0 unspecified atom stereocenters. The highest BCUT2D eigenvalue weighted by Crippen LogP contribution is 2.48. The van der Waals surface area contributed by atoms with Crippen molar-refractivity contribution in [3.63, 3.8) is 0 Å². The maximum absolute atomic E-state index is 12.4. The van der Waals surface area contributed by atoms with Crippen LogP contribution in [0.2, 0.25) is 0 Å². The standard InChI is InChI=1S/C19H23NO4/c1-4-23-19(22)16-14-8-6-5-7-9-15(14)17(18(16)21)20-10-12(2)24-13(3)11-20/h5-9,12-13,21H,4,10-11H2,1-3H3/t12-,13+. The van der Waals surface area contributed by atoms with E-state index in [9.17, 15) is 9.90 Å². The molecule has 1 heterocycles. The van der Waals surface area contributed by atoms with Gasteiger partial charge in [0.1, 0.15) is 5.56 Å². The summed E-state index contributed by atoms with van der Waals surface area (Å²) in [6, 6.07) is 9.45. The number of nitrogens with zero attached hydrogens (tertiary/aromatic N) is 1. The molecule has 5 nitrogen and oxygen atoms in total. The van der Waals surface area contributed by atoms with E-state index >= 15 is 0 Å². The van der Waals surface area contributed by atoms with Gasteiger partial charge in [-0.2, -0.15) is 0 Å². The summed E-state index contributed by atoms with van der Waals surface area (Å²) in [5, 5.41) is 10.8. The van der Waals surface area contributed by atoms with Gasteiger partial charge in [0.2, 0.25) is 0 Å². The molecule has 1 fully saturated rings. The van der Waals surface area contributed by atoms with Crippen molar-refractivity contribution in [2.45, 2.75) is 33.0 Å². The molecule has 1 saturated heterocycles. The Morgan fingerprint density at radius 3 is 2.46 bits per heavy atom. The summed E-state index contributed by atoms with van der Waals surface area (Å²) in [5.41, 5.74) is 2.48. The van der Waals surface area contributed by atoms with Gasteiger partial charge in [-0.25, -0.2) is 4.79 Å². The van der Waals surface area contributed by atoms with Crippen molar-refractivity contribution in [3.8, 4) is 16.9 Å². The highest BCUT2D eigenvalue weighted by atomic mass is 16.5. The van der Waals surface area contributed by atoms with Gasteiger partial charge in [0.25, 0.3) is 0 Å². The van der Waals surface area contributed by atoms with Gasteiger partial charge in [-0.3, -0.25) is 0 Å². The fraction of sp³-hybridized carbons (Fsp3) is 0.421. The largest absolute Gasteiger partial charge is 0.505 e. The molecule has 1 N–H and O–H groups in total. The summed E-state index contributed by atoms with van der Waals surface area (Å²) >= 11 is 0. The lowest BCUT2D eigenvalue weighted by molar-refractivity contribution is -0.00526. The third-order valence-corrected chi connectivity index (χ3v) is 4.24. The number of anilines is 1. The Labute approximate surface area is 142 Å². The Morgan fingerprint density at radius 2 is 1.83 bits per heavy atom. The van der Waals surface area contributed by atoms with Crippen molar-refractivity contribution in [2.75, 3.05) is 24.6 Å². The van der Waals surface area contributed by atoms with Crippen molar-refractivity contribution >= 4 is 11.7 Å². The van der Waals surface area contributed by atoms with E-state index in [4.69, 9.17) is 9.47 Å². The number of aromatic hydroxyl groups is 1. The molecule has 0 aromatic carbocycles. The summed E-state index contributed by atoms with van der Waals surface area (Å²) < 4.78 is 10.9. The van der Waals surface area contributed by atoms with Crippen molar-refractivity contribution in [1.29, 1.82) is 0 Å². The molecule has 0 aromatic heterocycles. The average Bonchev–Trinajstić information content (AvgIpc) is 2.65. The van der Waals surface area contributed by atoms with Crippen LogP contribution in [0.1, 0.15) is 31.1 Å². The normalized spacial score (nSPS) is 21.0. The van der Waals surface area contributed by atoms with E-state index in [1.807, 2.05) is 44.2 Å². The third kappa shape index (κ3) is 2.91. The summed E-state index contributed by atoms with van der Waals surface area (Å²) in [6.45, 7) is 7.38. The van der Waals surface area contributed by atoms with Crippen LogP contribution in [-0.2, 0) is 9.47 Å². The molecular weight excluding hydrogens is 306 g/mol. The van der Waals surface area contributed by atoms with Crippen LogP contribution in [-0.4, -0.2) is 43.0 Å². The first kappa shape index (κ1) is 16.6. The van der Waals surface area contributed by atoms with E-state index in [1.165, 1.54) is 0 Å². The van der Waals surface area contributed by atoms with E-state index < -0.39 is 5.97 Å². The Hall–Kier alpha value is -2.27. The summed E-state index contributed by atoms with van der Waals surface area (Å²) in [6.07, 6.45) is 0.114. The number of hydrogen-bond acceptors (Lipinski definition) is 5. The maximum atomic E-state index is 12.4. The zero-order chi connectivity index (χ0) is 17.3. The first-order valence-electron chi connectivity index (χ1n) is 8.34. The second-order valence-electron chi connectivity index (χ2n) is 6.19. The molecule has 5 heteroatoms. The quantitative estimate of drug-likeness (QED) is 0.876. The van der Waals surface area contributed by atoms with Crippen LogP contribution < -0.4 is 4.90 Å². The number of morpholine rings is 1. The van der Waals surface area contributed by atoms with Crippen LogP contribution in [0.5, 0.6) is 5.75 Å². The van der Waals surface area contributed by atoms with Gasteiger partial charge in [0, 0.05) is 24.2 Å². The molecule has 0 radical (unpaired) electrons. The molecule has 0 amide bonds.